The van der Waals surface area contributed by atoms with Gasteiger partial charge in [0.05, 0.1) is 28.8 Å². The number of rotatable bonds is 7. The molecule has 0 atom stereocenters. The Bertz CT molecular complexity index is 1240. The van der Waals surface area contributed by atoms with Crippen LogP contribution in [0.5, 0.6) is 0 Å². The number of nitrogens with zero attached hydrogens (tertiary/aromatic N) is 6. The van der Waals surface area contributed by atoms with Crippen molar-refractivity contribution in [2.24, 2.45) is 12.1 Å². The zero-order chi connectivity index (χ0) is 21.1. The minimum atomic E-state index is 0.257. The average molecular weight is 417 g/mol. The summed E-state index contributed by atoms with van der Waals surface area (Å²) in [5, 5.41) is 13.7. The van der Waals surface area contributed by atoms with Crippen LogP contribution in [-0.4, -0.2) is 42.4 Å². The fourth-order valence-corrected chi connectivity index (χ4v) is 4.21. The fourth-order valence-electron chi connectivity index (χ4n) is 3.04. The highest BCUT2D eigenvalue weighted by Crippen LogP contribution is 2.30. The lowest BCUT2D eigenvalue weighted by molar-refractivity contribution is -0.118. The molecule has 0 aliphatic heterocycles. The van der Waals surface area contributed by atoms with E-state index in [-0.39, 0.29) is 6.54 Å². The Morgan fingerprint density at radius 1 is 1.37 bits per heavy atom. The van der Waals surface area contributed by atoms with Gasteiger partial charge in [0.25, 0.3) is 0 Å². The van der Waals surface area contributed by atoms with Crippen LogP contribution >= 0.6 is 11.3 Å². The second kappa shape index (κ2) is 8.31. The van der Waals surface area contributed by atoms with E-state index < -0.39 is 0 Å². The van der Waals surface area contributed by atoms with Crippen molar-refractivity contribution in [1.29, 1.82) is 0 Å². The summed E-state index contributed by atoms with van der Waals surface area (Å²) in [6, 6.07) is 5.52. The molecule has 0 saturated carbocycles. The highest BCUT2D eigenvalue weighted by Gasteiger charge is 2.17. The molecule has 0 bridgehead atoms. The lowest BCUT2D eigenvalue weighted by atomic mass is 10.2. The minimum Gasteiger partial charge on any atom is -0.332 e. The van der Waals surface area contributed by atoms with Crippen molar-refractivity contribution < 1.29 is 4.79 Å². The van der Waals surface area contributed by atoms with Gasteiger partial charge < -0.3 is 4.57 Å². The van der Waals surface area contributed by atoms with Gasteiger partial charge >= 0.3 is 0 Å². The number of carbonyl (C=O) groups is 1. The fraction of sp³-hybridized carbons (Fsp3) is 0.190. The summed E-state index contributed by atoms with van der Waals surface area (Å²) in [5.74, 6) is 2.52. The van der Waals surface area contributed by atoms with Gasteiger partial charge in [0.2, 0.25) is 6.41 Å². The highest BCUT2D eigenvalue weighted by atomic mass is 32.1. The Balaban J connectivity index is 1.58. The number of H-pyrrole nitrogens is 1. The van der Waals surface area contributed by atoms with E-state index in [1.54, 1.807) is 42.1 Å². The van der Waals surface area contributed by atoms with E-state index in [0.29, 0.717) is 24.1 Å². The van der Waals surface area contributed by atoms with Crippen molar-refractivity contribution in [1.82, 2.24) is 29.7 Å². The van der Waals surface area contributed by atoms with E-state index in [1.807, 2.05) is 24.6 Å². The predicted molar refractivity (Wildman–Crippen MR) is 116 cm³/mol. The van der Waals surface area contributed by atoms with Gasteiger partial charge in [0.1, 0.15) is 5.01 Å². The van der Waals surface area contributed by atoms with Gasteiger partial charge in [0, 0.05) is 42.7 Å². The average Bonchev–Trinajstić information content (AvgIpc) is 3.47. The number of hydrogen-bond donors (Lipinski definition) is 1. The third kappa shape index (κ3) is 3.86. The third-order valence-corrected chi connectivity index (χ3v) is 5.85. The number of aryl methyl sites for hydroxylation is 1. The number of amides is 1. The normalized spacial score (nSPS) is 11.2. The molecule has 1 N–H and O–H groups in total. The second-order valence-electron chi connectivity index (χ2n) is 6.69. The molecule has 0 saturated heterocycles. The molecule has 1 amide bonds. The number of terminal acetylenes is 1. The summed E-state index contributed by atoms with van der Waals surface area (Å²) in [7, 11) is 1.97. The largest absolute Gasteiger partial charge is 0.332 e. The maximum atomic E-state index is 11.5. The number of thiazole rings is 1. The number of fused-ring (bicyclic) bond motifs is 1. The van der Waals surface area contributed by atoms with Crippen LogP contribution in [0.3, 0.4) is 0 Å². The van der Waals surface area contributed by atoms with E-state index in [0.717, 1.165) is 32.3 Å². The molecule has 0 unspecified atom stereocenters. The third-order valence-electron chi connectivity index (χ3n) is 4.77. The summed E-state index contributed by atoms with van der Waals surface area (Å²) in [4.78, 5) is 20.5. The van der Waals surface area contributed by atoms with Gasteiger partial charge in [-0.1, -0.05) is 5.92 Å². The zero-order valence-electron chi connectivity index (χ0n) is 16.5. The lowest BCUT2D eigenvalue weighted by Crippen LogP contribution is -2.15. The van der Waals surface area contributed by atoms with Crippen molar-refractivity contribution >= 4 is 34.3 Å². The van der Waals surface area contributed by atoms with Crippen LogP contribution < -0.4 is 0 Å². The molecule has 150 valence electrons. The summed E-state index contributed by atoms with van der Waals surface area (Å²) in [6.45, 7) is 2.27. The first kappa shape index (κ1) is 19.5. The number of aromatic nitrogens is 5. The van der Waals surface area contributed by atoms with E-state index in [1.165, 1.54) is 5.01 Å². The Labute approximate surface area is 177 Å². The number of nitrogens with one attached hydrogen (secondary N) is 1. The Morgan fingerprint density at radius 2 is 2.23 bits per heavy atom. The van der Waals surface area contributed by atoms with Crippen molar-refractivity contribution in [3.05, 3.63) is 63.8 Å². The number of hydrogen-bond acceptors (Lipinski definition) is 6. The van der Waals surface area contributed by atoms with E-state index in [2.05, 4.69) is 26.2 Å². The van der Waals surface area contributed by atoms with Gasteiger partial charge in [-0.2, -0.15) is 10.2 Å². The topological polar surface area (TPSA) is 92.1 Å². The summed E-state index contributed by atoms with van der Waals surface area (Å²) < 4.78 is 3.07. The molecule has 0 aliphatic carbocycles. The molecule has 30 heavy (non-hydrogen) atoms. The minimum absolute atomic E-state index is 0.257. The van der Waals surface area contributed by atoms with Crippen molar-refractivity contribution in [2.45, 2.75) is 19.9 Å². The molecule has 4 aromatic rings. The maximum Gasteiger partial charge on any atom is 0.230 e. The first-order chi connectivity index (χ1) is 14.6. The first-order valence-electron chi connectivity index (χ1n) is 9.20. The highest BCUT2D eigenvalue weighted by molar-refractivity contribution is 7.19. The molecule has 4 rings (SSSR count). The first-order valence-corrected chi connectivity index (χ1v) is 10.0. The molecular weight excluding hydrogens is 398 g/mol. The smallest absolute Gasteiger partial charge is 0.230 e. The summed E-state index contributed by atoms with van der Waals surface area (Å²) >= 11 is 1.61. The van der Waals surface area contributed by atoms with Gasteiger partial charge in [0.15, 0.2) is 5.65 Å². The van der Waals surface area contributed by atoms with Crippen LogP contribution in [0.1, 0.15) is 33.2 Å². The molecule has 8 nitrogen and oxygen atoms in total. The zero-order valence-corrected chi connectivity index (χ0v) is 17.3. The van der Waals surface area contributed by atoms with Crippen molar-refractivity contribution in [3.8, 4) is 12.3 Å². The Kier molecular flexibility index (Phi) is 5.41. The molecule has 0 spiro atoms. The Morgan fingerprint density at radius 3 is 2.90 bits per heavy atom. The summed E-state index contributed by atoms with van der Waals surface area (Å²) in [6.07, 6.45) is 11.8. The van der Waals surface area contributed by atoms with Crippen molar-refractivity contribution in [3.63, 3.8) is 0 Å². The monoisotopic (exact) mass is 417 g/mol. The van der Waals surface area contributed by atoms with Crippen LogP contribution in [0.15, 0.2) is 35.7 Å². The molecule has 0 fully saturated rings. The van der Waals surface area contributed by atoms with Crippen molar-refractivity contribution in [2.75, 3.05) is 0 Å². The van der Waals surface area contributed by atoms with Crippen LogP contribution in [0, 0.1) is 19.3 Å². The quantitative estimate of drug-likeness (QED) is 0.217. The molecule has 4 heterocycles. The van der Waals surface area contributed by atoms with E-state index in [9.17, 15) is 4.79 Å². The second-order valence-corrected chi connectivity index (χ2v) is 7.77. The SMILES string of the molecule is C#Cc1ccc(CN(C=O)/N=C\c2c(C)n(C)c3nc(Cc4cc[nH]n4)sc23)nc1. The van der Waals surface area contributed by atoms with Crippen LogP contribution in [0.25, 0.3) is 10.3 Å². The summed E-state index contributed by atoms with van der Waals surface area (Å²) in [5.41, 5.74) is 5.21. The molecule has 0 aliphatic rings. The molecular formula is C21H19N7OS. The number of hydrazone groups is 1. The van der Waals surface area contributed by atoms with E-state index >= 15 is 0 Å². The standard InChI is InChI=1S/C21H19N7OS/c1-4-15-5-6-17(22-10-15)12-28(13-29)24-11-18-14(2)27(3)21-20(18)30-19(25-21)9-16-7-8-23-26-16/h1,5-8,10-11,13H,9,12H2,2-3H3,(H,23,26)/b24-11-. The van der Waals surface area contributed by atoms with E-state index in [4.69, 9.17) is 11.4 Å². The van der Waals surface area contributed by atoms with Gasteiger partial charge in [-0.3, -0.25) is 14.9 Å². The van der Waals surface area contributed by atoms with Gasteiger partial charge in [-0.15, -0.1) is 17.8 Å². The van der Waals surface area contributed by atoms with Gasteiger partial charge in [-0.25, -0.2) is 9.99 Å². The number of carbonyl (C=O) groups excluding carboxylic acids is 1. The maximum absolute atomic E-state index is 11.5. The molecule has 0 radical (unpaired) electrons. The van der Waals surface area contributed by atoms with Crippen LogP contribution in [-0.2, 0) is 24.8 Å². The van der Waals surface area contributed by atoms with Crippen LogP contribution in [0.2, 0.25) is 0 Å². The Hall–Kier alpha value is -3.77. The molecule has 0 aromatic carbocycles. The van der Waals surface area contributed by atoms with Crippen LogP contribution in [0.4, 0.5) is 0 Å². The molecule has 9 heteroatoms. The number of aromatic amines is 1. The van der Waals surface area contributed by atoms with Gasteiger partial charge in [-0.05, 0) is 25.1 Å². The predicted octanol–water partition coefficient (Wildman–Crippen LogP) is 2.63. The molecule has 4 aromatic heterocycles. The number of pyridine rings is 1. The lowest BCUT2D eigenvalue weighted by Gasteiger charge is -2.10.